The van der Waals surface area contributed by atoms with Crippen LogP contribution in [0.3, 0.4) is 0 Å². The number of rotatable bonds is 7. The molecule has 0 bridgehead atoms. The SMILES string of the molecule is CCCC(N)CC(=O)NC(C)CC(N)=O. The van der Waals surface area contributed by atoms with Gasteiger partial charge in [0.05, 0.1) is 0 Å². The van der Waals surface area contributed by atoms with E-state index in [1.165, 1.54) is 0 Å². The molecule has 0 rings (SSSR count). The standard InChI is InChI=1S/C10H21N3O2/c1-3-4-8(11)6-10(15)13-7(2)5-9(12)14/h7-8H,3-6,11H2,1-2H3,(H2,12,14)(H,13,15). The maximum Gasteiger partial charge on any atom is 0.221 e. The lowest BCUT2D eigenvalue weighted by molar-refractivity contribution is -0.122. The molecule has 0 aromatic carbocycles. The number of carbonyl (C=O) groups is 2. The van der Waals surface area contributed by atoms with E-state index in [2.05, 4.69) is 5.32 Å². The molecule has 0 aromatic heterocycles. The lowest BCUT2D eigenvalue weighted by Gasteiger charge is -2.14. The van der Waals surface area contributed by atoms with E-state index in [-0.39, 0.29) is 24.4 Å². The highest BCUT2D eigenvalue weighted by Gasteiger charge is 2.12. The Morgan fingerprint density at radius 1 is 1.33 bits per heavy atom. The van der Waals surface area contributed by atoms with Gasteiger partial charge >= 0.3 is 0 Å². The summed E-state index contributed by atoms with van der Waals surface area (Å²) in [6.07, 6.45) is 2.26. The van der Waals surface area contributed by atoms with Crippen LogP contribution in [-0.2, 0) is 9.59 Å². The van der Waals surface area contributed by atoms with Gasteiger partial charge in [0.1, 0.15) is 0 Å². The molecule has 0 aliphatic carbocycles. The maximum absolute atomic E-state index is 11.4. The molecule has 0 saturated carbocycles. The zero-order valence-corrected chi connectivity index (χ0v) is 9.45. The van der Waals surface area contributed by atoms with E-state index in [0.717, 1.165) is 12.8 Å². The Labute approximate surface area is 90.6 Å². The molecule has 2 unspecified atom stereocenters. The highest BCUT2D eigenvalue weighted by molar-refractivity contribution is 5.79. The summed E-state index contributed by atoms with van der Waals surface area (Å²) >= 11 is 0. The third kappa shape index (κ3) is 7.93. The smallest absolute Gasteiger partial charge is 0.221 e. The van der Waals surface area contributed by atoms with Crippen molar-refractivity contribution >= 4 is 11.8 Å². The van der Waals surface area contributed by atoms with Gasteiger partial charge in [-0.15, -0.1) is 0 Å². The van der Waals surface area contributed by atoms with Gasteiger partial charge in [0.15, 0.2) is 0 Å². The summed E-state index contributed by atoms with van der Waals surface area (Å²) in [6, 6.07) is -0.320. The van der Waals surface area contributed by atoms with Crippen molar-refractivity contribution in [3.05, 3.63) is 0 Å². The maximum atomic E-state index is 11.4. The lowest BCUT2D eigenvalue weighted by atomic mass is 10.1. The van der Waals surface area contributed by atoms with E-state index in [9.17, 15) is 9.59 Å². The number of carbonyl (C=O) groups excluding carboxylic acids is 2. The first-order chi connectivity index (χ1) is 6.95. The second-order valence-electron chi connectivity index (χ2n) is 3.89. The second kappa shape index (κ2) is 7.23. The van der Waals surface area contributed by atoms with Crippen molar-refractivity contribution < 1.29 is 9.59 Å². The molecule has 0 fully saturated rings. The van der Waals surface area contributed by atoms with E-state index in [4.69, 9.17) is 11.5 Å². The average Bonchev–Trinajstić information content (AvgIpc) is 2.00. The summed E-state index contributed by atoms with van der Waals surface area (Å²) in [5.41, 5.74) is 10.7. The quantitative estimate of drug-likeness (QED) is 0.552. The third-order valence-electron chi connectivity index (χ3n) is 2.02. The number of nitrogens with two attached hydrogens (primary N) is 2. The Balaban J connectivity index is 3.77. The average molecular weight is 215 g/mol. The topological polar surface area (TPSA) is 98.2 Å². The predicted molar refractivity (Wildman–Crippen MR) is 58.9 cm³/mol. The minimum Gasteiger partial charge on any atom is -0.370 e. The van der Waals surface area contributed by atoms with E-state index in [0.29, 0.717) is 6.42 Å². The minimum absolute atomic E-state index is 0.101. The zero-order valence-electron chi connectivity index (χ0n) is 9.45. The first-order valence-corrected chi connectivity index (χ1v) is 5.29. The van der Waals surface area contributed by atoms with Crippen LogP contribution >= 0.6 is 0 Å². The molecule has 0 heterocycles. The van der Waals surface area contributed by atoms with Crippen LogP contribution < -0.4 is 16.8 Å². The fourth-order valence-electron chi connectivity index (χ4n) is 1.40. The summed E-state index contributed by atoms with van der Waals surface area (Å²) < 4.78 is 0. The van der Waals surface area contributed by atoms with Crippen molar-refractivity contribution in [2.75, 3.05) is 0 Å². The first kappa shape index (κ1) is 13.9. The van der Waals surface area contributed by atoms with Gasteiger partial charge in [0.25, 0.3) is 0 Å². The zero-order chi connectivity index (χ0) is 11.8. The normalized spacial score (nSPS) is 14.3. The van der Waals surface area contributed by atoms with Gasteiger partial charge in [0, 0.05) is 24.9 Å². The molecule has 88 valence electrons. The molecule has 0 aliphatic rings. The van der Waals surface area contributed by atoms with Crippen LogP contribution in [0.15, 0.2) is 0 Å². The highest BCUT2D eigenvalue weighted by atomic mass is 16.2. The Morgan fingerprint density at radius 2 is 1.93 bits per heavy atom. The molecule has 5 N–H and O–H groups in total. The molecule has 0 radical (unpaired) electrons. The molecule has 5 heteroatoms. The molecule has 5 nitrogen and oxygen atoms in total. The number of nitrogens with one attached hydrogen (secondary N) is 1. The molecule has 0 saturated heterocycles. The van der Waals surface area contributed by atoms with Crippen LogP contribution in [0.1, 0.15) is 39.5 Å². The van der Waals surface area contributed by atoms with Crippen molar-refractivity contribution in [2.24, 2.45) is 11.5 Å². The van der Waals surface area contributed by atoms with Crippen LogP contribution in [0.2, 0.25) is 0 Å². The monoisotopic (exact) mass is 215 g/mol. The predicted octanol–water partition coefficient (Wildman–Crippen LogP) is -0.116. The third-order valence-corrected chi connectivity index (χ3v) is 2.02. The van der Waals surface area contributed by atoms with E-state index >= 15 is 0 Å². The van der Waals surface area contributed by atoms with E-state index in [1.54, 1.807) is 6.92 Å². The summed E-state index contributed by atoms with van der Waals surface area (Å²) in [4.78, 5) is 21.9. The summed E-state index contributed by atoms with van der Waals surface area (Å²) in [5, 5.41) is 2.68. The molecule has 0 aromatic rings. The molecule has 0 spiro atoms. The van der Waals surface area contributed by atoms with Gasteiger partial charge in [-0.05, 0) is 13.3 Å². The second-order valence-corrected chi connectivity index (χ2v) is 3.89. The number of primary amides is 1. The van der Waals surface area contributed by atoms with Crippen LogP contribution in [0.5, 0.6) is 0 Å². The molecule has 0 aliphatic heterocycles. The Kier molecular flexibility index (Phi) is 6.70. The van der Waals surface area contributed by atoms with Crippen molar-refractivity contribution in [3.8, 4) is 0 Å². The lowest BCUT2D eigenvalue weighted by Crippen LogP contribution is -2.38. The van der Waals surface area contributed by atoms with Gasteiger partial charge in [-0.2, -0.15) is 0 Å². The van der Waals surface area contributed by atoms with Crippen LogP contribution in [-0.4, -0.2) is 23.9 Å². The summed E-state index contributed by atoms with van der Waals surface area (Å²) in [7, 11) is 0. The van der Waals surface area contributed by atoms with E-state index in [1.807, 2.05) is 6.92 Å². The Bertz CT molecular complexity index is 219. The number of hydrogen-bond acceptors (Lipinski definition) is 3. The molecule has 2 amide bonds. The van der Waals surface area contributed by atoms with Gasteiger partial charge in [-0.25, -0.2) is 0 Å². The number of amides is 2. The van der Waals surface area contributed by atoms with Gasteiger partial charge < -0.3 is 16.8 Å². The van der Waals surface area contributed by atoms with Gasteiger partial charge in [-0.1, -0.05) is 13.3 Å². The molecule has 15 heavy (non-hydrogen) atoms. The Hall–Kier alpha value is -1.10. The van der Waals surface area contributed by atoms with E-state index < -0.39 is 5.91 Å². The van der Waals surface area contributed by atoms with Gasteiger partial charge in [-0.3, -0.25) is 9.59 Å². The highest BCUT2D eigenvalue weighted by Crippen LogP contribution is 1.99. The first-order valence-electron chi connectivity index (χ1n) is 5.29. The minimum atomic E-state index is -0.416. The van der Waals surface area contributed by atoms with Crippen molar-refractivity contribution in [2.45, 2.75) is 51.6 Å². The fraction of sp³-hybridized carbons (Fsp3) is 0.800. The fourth-order valence-corrected chi connectivity index (χ4v) is 1.40. The van der Waals surface area contributed by atoms with Crippen LogP contribution in [0, 0.1) is 0 Å². The van der Waals surface area contributed by atoms with Crippen molar-refractivity contribution in [1.29, 1.82) is 0 Å². The van der Waals surface area contributed by atoms with Crippen molar-refractivity contribution in [3.63, 3.8) is 0 Å². The summed E-state index contributed by atoms with van der Waals surface area (Å²) in [6.45, 7) is 3.77. The van der Waals surface area contributed by atoms with Crippen LogP contribution in [0.25, 0.3) is 0 Å². The van der Waals surface area contributed by atoms with Crippen molar-refractivity contribution in [1.82, 2.24) is 5.32 Å². The molecular weight excluding hydrogens is 194 g/mol. The summed E-state index contributed by atoms with van der Waals surface area (Å²) in [5.74, 6) is -0.537. The number of hydrogen-bond donors (Lipinski definition) is 3. The molecule has 2 atom stereocenters. The largest absolute Gasteiger partial charge is 0.370 e. The molecular formula is C10H21N3O2. The van der Waals surface area contributed by atoms with Gasteiger partial charge in [0.2, 0.25) is 11.8 Å². The van der Waals surface area contributed by atoms with Crippen LogP contribution in [0.4, 0.5) is 0 Å². The Morgan fingerprint density at radius 3 is 2.40 bits per heavy atom.